The highest BCUT2D eigenvalue weighted by atomic mass is 16.2. The highest BCUT2D eigenvalue weighted by molar-refractivity contribution is 6.01. The molecule has 1 saturated heterocycles. The average Bonchev–Trinajstić information content (AvgIpc) is 3.24. The van der Waals surface area contributed by atoms with Crippen LogP contribution in [0.1, 0.15) is 30.3 Å². The van der Waals surface area contributed by atoms with E-state index in [0.29, 0.717) is 19.5 Å². The van der Waals surface area contributed by atoms with E-state index >= 15 is 0 Å². The van der Waals surface area contributed by atoms with Gasteiger partial charge in [0.2, 0.25) is 11.8 Å². The van der Waals surface area contributed by atoms with Crippen molar-refractivity contribution in [1.82, 2.24) is 15.3 Å². The number of carbonyl (C=O) groups excluding carboxylic acids is 2. The maximum atomic E-state index is 12.5. The van der Waals surface area contributed by atoms with Crippen molar-refractivity contribution in [1.29, 1.82) is 0 Å². The zero-order chi connectivity index (χ0) is 17.8. The number of anilines is 1. The van der Waals surface area contributed by atoms with E-state index in [-0.39, 0.29) is 24.2 Å². The topological polar surface area (TPSA) is 78.1 Å². The zero-order valence-corrected chi connectivity index (χ0v) is 14.7. The summed E-state index contributed by atoms with van der Waals surface area (Å²) in [5.74, 6) is 0.509. The fourth-order valence-electron chi connectivity index (χ4n) is 3.37. The zero-order valence-electron chi connectivity index (χ0n) is 14.7. The number of rotatable bonds is 6. The maximum absolute atomic E-state index is 12.5. The van der Waals surface area contributed by atoms with Gasteiger partial charge in [0.05, 0.1) is 5.92 Å². The Morgan fingerprint density at radius 3 is 3.00 bits per heavy atom. The summed E-state index contributed by atoms with van der Waals surface area (Å²) in [4.78, 5) is 33.8. The minimum Gasteiger partial charge on any atom is -0.355 e. The molecular weight excluding hydrogens is 316 g/mol. The molecule has 2 N–H and O–H groups in total. The van der Waals surface area contributed by atoms with E-state index in [1.54, 1.807) is 17.3 Å². The average molecular weight is 340 g/mol. The van der Waals surface area contributed by atoms with Gasteiger partial charge in [0.25, 0.3) is 0 Å². The first-order valence-electron chi connectivity index (χ1n) is 8.75. The third-order valence-electron chi connectivity index (χ3n) is 4.68. The molecule has 132 valence electrons. The number of nitrogens with one attached hydrogen (secondary N) is 2. The molecule has 6 heteroatoms. The Labute approximate surface area is 147 Å². The molecule has 2 heterocycles. The van der Waals surface area contributed by atoms with Crippen molar-refractivity contribution in [2.45, 2.75) is 33.1 Å². The number of hydrogen-bond donors (Lipinski definition) is 2. The van der Waals surface area contributed by atoms with Crippen LogP contribution in [0.2, 0.25) is 0 Å². The van der Waals surface area contributed by atoms with Crippen LogP contribution in [0, 0.1) is 12.8 Å². The molecule has 0 radical (unpaired) electrons. The summed E-state index contributed by atoms with van der Waals surface area (Å²) in [7, 11) is 0. The fourth-order valence-corrected chi connectivity index (χ4v) is 3.37. The van der Waals surface area contributed by atoms with Crippen molar-refractivity contribution in [2.75, 3.05) is 18.0 Å². The summed E-state index contributed by atoms with van der Waals surface area (Å²) in [5, 5.41) is 2.92. The van der Waals surface area contributed by atoms with Crippen molar-refractivity contribution < 1.29 is 9.59 Å². The molecule has 3 rings (SSSR count). The van der Waals surface area contributed by atoms with Crippen molar-refractivity contribution >= 4 is 17.5 Å². The van der Waals surface area contributed by atoms with E-state index in [2.05, 4.69) is 22.2 Å². The monoisotopic (exact) mass is 340 g/mol. The summed E-state index contributed by atoms with van der Waals surface area (Å²) in [6.45, 7) is 5.06. The first kappa shape index (κ1) is 17.2. The van der Waals surface area contributed by atoms with Gasteiger partial charge in [-0.25, -0.2) is 4.98 Å². The van der Waals surface area contributed by atoms with E-state index in [1.165, 1.54) is 0 Å². The number of benzene rings is 1. The van der Waals surface area contributed by atoms with Gasteiger partial charge in [0.15, 0.2) is 0 Å². The van der Waals surface area contributed by atoms with Gasteiger partial charge in [0.1, 0.15) is 5.82 Å². The molecule has 0 unspecified atom stereocenters. The molecule has 0 saturated carbocycles. The molecule has 1 fully saturated rings. The van der Waals surface area contributed by atoms with Crippen molar-refractivity contribution in [3.63, 3.8) is 0 Å². The minimum atomic E-state index is -0.298. The second-order valence-corrected chi connectivity index (χ2v) is 6.42. The van der Waals surface area contributed by atoms with Crippen LogP contribution in [0.3, 0.4) is 0 Å². The van der Waals surface area contributed by atoms with Crippen LogP contribution in [0.25, 0.3) is 0 Å². The summed E-state index contributed by atoms with van der Waals surface area (Å²) < 4.78 is 0. The largest absolute Gasteiger partial charge is 0.355 e. The van der Waals surface area contributed by atoms with Crippen molar-refractivity contribution in [3.05, 3.63) is 47.5 Å². The standard InChI is InChI=1S/C19H24N4O2/c1-3-14-6-4-5-13(2)18(14)23-12-15(11-17(23)24)19(25)22-8-7-16-20-9-10-21-16/h4-6,9-10,15H,3,7-8,11-12H2,1-2H3,(H,20,21)(H,22,25)/t15-/m0/s1. The molecule has 25 heavy (non-hydrogen) atoms. The van der Waals surface area contributed by atoms with E-state index in [9.17, 15) is 9.59 Å². The molecular formula is C19H24N4O2. The van der Waals surface area contributed by atoms with E-state index in [1.807, 2.05) is 25.1 Å². The summed E-state index contributed by atoms with van der Waals surface area (Å²) in [5.41, 5.74) is 3.19. The number of aryl methyl sites for hydroxylation is 2. The lowest BCUT2D eigenvalue weighted by molar-refractivity contribution is -0.126. The van der Waals surface area contributed by atoms with Gasteiger partial charge in [-0.15, -0.1) is 0 Å². The molecule has 2 amide bonds. The first-order valence-corrected chi connectivity index (χ1v) is 8.75. The highest BCUT2D eigenvalue weighted by Gasteiger charge is 2.36. The van der Waals surface area contributed by atoms with E-state index in [0.717, 1.165) is 29.1 Å². The normalized spacial score (nSPS) is 17.1. The smallest absolute Gasteiger partial charge is 0.227 e. The minimum absolute atomic E-state index is 0.0233. The van der Waals surface area contributed by atoms with Gasteiger partial charge in [0, 0.05) is 44.0 Å². The third-order valence-corrected chi connectivity index (χ3v) is 4.68. The highest BCUT2D eigenvalue weighted by Crippen LogP contribution is 2.31. The number of hydrogen-bond acceptors (Lipinski definition) is 3. The van der Waals surface area contributed by atoms with Crippen molar-refractivity contribution in [2.24, 2.45) is 5.92 Å². The number of amides is 2. The predicted octanol–water partition coefficient (Wildman–Crippen LogP) is 1.99. The molecule has 0 spiro atoms. The van der Waals surface area contributed by atoms with E-state index < -0.39 is 0 Å². The molecule has 2 aromatic rings. The van der Waals surface area contributed by atoms with Gasteiger partial charge in [-0.2, -0.15) is 0 Å². The lowest BCUT2D eigenvalue weighted by atomic mass is 10.0. The quantitative estimate of drug-likeness (QED) is 0.844. The Balaban J connectivity index is 1.63. The first-order chi connectivity index (χ1) is 12.1. The molecule has 0 bridgehead atoms. The van der Waals surface area contributed by atoms with Crippen LogP contribution in [-0.2, 0) is 22.4 Å². The Morgan fingerprint density at radius 2 is 2.28 bits per heavy atom. The second kappa shape index (κ2) is 7.51. The Bertz CT molecular complexity index is 755. The Morgan fingerprint density at radius 1 is 1.44 bits per heavy atom. The van der Waals surface area contributed by atoms with Gasteiger partial charge in [-0.1, -0.05) is 25.1 Å². The number of aromatic nitrogens is 2. The Kier molecular flexibility index (Phi) is 5.16. The lowest BCUT2D eigenvalue weighted by Crippen LogP contribution is -2.34. The summed E-state index contributed by atoms with van der Waals surface area (Å²) >= 11 is 0. The molecule has 0 aliphatic carbocycles. The lowest BCUT2D eigenvalue weighted by Gasteiger charge is -2.22. The second-order valence-electron chi connectivity index (χ2n) is 6.42. The molecule has 1 aliphatic rings. The van der Waals surface area contributed by atoms with Gasteiger partial charge in [-0.05, 0) is 24.5 Å². The van der Waals surface area contributed by atoms with Crippen LogP contribution in [0.15, 0.2) is 30.6 Å². The molecule has 1 atom stereocenters. The third kappa shape index (κ3) is 3.73. The van der Waals surface area contributed by atoms with Crippen LogP contribution < -0.4 is 10.2 Å². The number of para-hydroxylation sites is 1. The predicted molar refractivity (Wildman–Crippen MR) is 96.3 cm³/mol. The number of aromatic amines is 1. The molecule has 1 aromatic carbocycles. The Hall–Kier alpha value is -2.63. The summed E-state index contributed by atoms with van der Waals surface area (Å²) in [6.07, 6.45) is 5.24. The van der Waals surface area contributed by atoms with Gasteiger partial charge >= 0.3 is 0 Å². The van der Waals surface area contributed by atoms with Gasteiger partial charge < -0.3 is 15.2 Å². The van der Waals surface area contributed by atoms with Crippen LogP contribution in [0.4, 0.5) is 5.69 Å². The summed E-state index contributed by atoms with van der Waals surface area (Å²) in [6, 6.07) is 6.07. The van der Waals surface area contributed by atoms with Crippen LogP contribution >= 0.6 is 0 Å². The van der Waals surface area contributed by atoms with Crippen LogP contribution in [0.5, 0.6) is 0 Å². The number of H-pyrrole nitrogens is 1. The molecule has 6 nitrogen and oxygen atoms in total. The van der Waals surface area contributed by atoms with Crippen molar-refractivity contribution in [3.8, 4) is 0 Å². The molecule has 1 aliphatic heterocycles. The number of nitrogens with zero attached hydrogens (tertiary/aromatic N) is 2. The van der Waals surface area contributed by atoms with E-state index in [4.69, 9.17) is 0 Å². The maximum Gasteiger partial charge on any atom is 0.227 e. The van der Waals surface area contributed by atoms with Crippen LogP contribution in [-0.4, -0.2) is 34.9 Å². The number of imidazole rings is 1. The SMILES string of the molecule is CCc1cccc(C)c1N1C[C@@H](C(=O)NCCc2ncc[nH]2)CC1=O. The fraction of sp³-hybridized carbons (Fsp3) is 0.421. The number of carbonyl (C=O) groups is 2. The van der Waals surface area contributed by atoms with Gasteiger partial charge in [-0.3, -0.25) is 9.59 Å². The molecule has 1 aromatic heterocycles.